The van der Waals surface area contributed by atoms with Gasteiger partial charge in [-0.2, -0.15) is 0 Å². The maximum atomic E-state index is 13.2. The lowest BCUT2D eigenvalue weighted by atomic mass is 10.0. The molecule has 0 aromatic heterocycles. The van der Waals surface area contributed by atoms with Crippen LogP contribution in [0.1, 0.15) is 37.6 Å². The Balaban J connectivity index is 2.89. The molecule has 6 heteroatoms. The molecule has 0 saturated heterocycles. The van der Waals surface area contributed by atoms with Crippen molar-refractivity contribution in [1.82, 2.24) is 5.32 Å². The average molecular weight is 311 g/mol. The molecule has 0 aliphatic rings. The summed E-state index contributed by atoms with van der Waals surface area (Å²) in [6.45, 7) is 8.57. The van der Waals surface area contributed by atoms with Crippen LogP contribution in [0.2, 0.25) is 0 Å². The van der Waals surface area contributed by atoms with E-state index in [4.69, 9.17) is 4.74 Å². The number of ketones is 1. The number of rotatable bonds is 5. The number of hydrogen-bond acceptors (Lipinski definition) is 3. The molecule has 0 aliphatic heterocycles. The van der Waals surface area contributed by atoms with Gasteiger partial charge in [0.15, 0.2) is 17.4 Å². The van der Waals surface area contributed by atoms with E-state index < -0.39 is 35.2 Å². The maximum absolute atomic E-state index is 13.2. The van der Waals surface area contributed by atoms with E-state index in [1.165, 1.54) is 6.08 Å². The molecule has 1 aromatic carbocycles. The Morgan fingerprint density at radius 3 is 2.45 bits per heavy atom. The van der Waals surface area contributed by atoms with Crippen molar-refractivity contribution in [2.75, 3.05) is 0 Å². The van der Waals surface area contributed by atoms with E-state index in [1.54, 1.807) is 20.8 Å². The molecular formula is C16H19F2NO3. The highest BCUT2D eigenvalue weighted by atomic mass is 19.2. The van der Waals surface area contributed by atoms with Gasteiger partial charge in [-0.05, 0) is 45.4 Å². The summed E-state index contributed by atoms with van der Waals surface area (Å²) in [5.74, 6) is -2.72. The monoisotopic (exact) mass is 311 g/mol. The van der Waals surface area contributed by atoms with Crippen LogP contribution >= 0.6 is 0 Å². The number of carbonyl (C=O) groups excluding carboxylic acids is 2. The molecule has 0 heterocycles. The Bertz CT molecular complexity index is 579. The number of carbonyl (C=O) groups is 2. The third-order valence-corrected chi connectivity index (χ3v) is 2.61. The molecule has 0 radical (unpaired) electrons. The van der Waals surface area contributed by atoms with Crippen molar-refractivity contribution in [2.45, 2.75) is 38.8 Å². The van der Waals surface area contributed by atoms with Crippen LogP contribution in [0, 0.1) is 11.6 Å². The summed E-state index contributed by atoms with van der Waals surface area (Å²) in [5.41, 5.74) is -0.754. The third kappa shape index (κ3) is 5.27. The fourth-order valence-electron chi connectivity index (χ4n) is 1.70. The van der Waals surface area contributed by atoms with E-state index in [-0.39, 0.29) is 12.0 Å². The van der Waals surface area contributed by atoms with Gasteiger partial charge in [-0.1, -0.05) is 6.08 Å². The standard InChI is InChI=1S/C16H19F2NO3/c1-5-6-13(19-15(21)22-16(2,3)4)14(20)10-7-8-11(17)12(18)9-10/h5,7-9,13H,1,6H2,2-4H3,(H,19,21). The minimum atomic E-state index is -1.12. The van der Waals surface area contributed by atoms with Crippen LogP contribution in [0.5, 0.6) is 0 Å². The van der Waals surface area contributed by atoms with Gasteiger partial charge in [-0.25, -0.2) is 13.6 Å². The van der Waals surface area contributed by atoms with Crippen LogP contribution < -0.4 is 5.32 Å². The second-order valence-electron chi connectivity index (χ2n) is 5.72. The predicted molar refractivity (Wildman–Crippen MR) is 78.7 cm³/mol. The third-order valence-electron chi connectivity index (χ3n) is 2.61. The van der Waals surface area contributed by atoms with Crippen molar-refractivity contribution < 1.29 is 23.1 Å². The second-order valence-corrected chi connectivity index (χ2v) is 5.72. The molecule has 22 heavy (non-hydrogen) atoms. The zero-order valence-electron chi connectivity index (χ0n) is 12.8. The fourth-order valence-corrected chi connectivity index (χ4v) is 1.70. The largest absolute Gasteiger partial charge is 0.444 e. The van der Waals surface area contributed by atoms with E-state index in [2.05, 4.69) is 11.9 Å². The molecule has 1 amide bonds. The number of alkyl carbamates (subject to hydrolysis) is 1. The van der Waals surface area contributed by atoms with Crippen LogP contribution in [0.15, 0.2) is 30.9 Å². The summed E-state index contributed by atoms with van der Waals surface area (Å²) in [6, 6.07) is 1.86. The van der Waals surface area contributed by atoms with Crippen LogP contribution in [-0.4, -0.2) is 23.5 Å². The molecule has 120 valence electrons. The number of benzene rings is 1. The topological polar surface area (TPSA) is 55.4 Å². The first-order valence-corrected chi connectivity index (χ1v) is 6.73. The summed E-state index contributed by atoms with van der Waals surface area (Å²) in [5, 5.41) is 2.41. The van der Waals surface area contributed by atoms with Crippen molar-refractivity contribution in [1.29, 1.82) is 0 Å². The Morgan fingerprint density at radius 2 is 1.95 bits per heavy atom. The lowest BCUT2D eigenvalue weighted by Crippen LogP contribution is -2.43. The van der Waals surface area contributed by atoms with Crippen LogP contribution in [-0.2, 0) is 4.74 Å². The Labute approximate surface area is 128 Å². The van der Waals surface area contributed by atoms with Gasteiger partial charge in [-0.15, -0.1) is 6.58 Å². The van der Waals surface area contributed by atoms with Gasteiger partial charge >= 0.3 is 6.09 Å². The summed E-state index contributed by atoms with van der Waals surface area (Å²) in [7, 11) is 0. The second kappa shape index (κ2) is 7.15. The Hall–Kier alpha value is -2.24. The van der Waals surface area contributed by atoms with E-state index >= 15 is 0 Å². The molecule has 0 aliphatic carbocycles. The number of Topliss-reactive ketones (excluding diaryl/α,β-unsaturated/α-hetero) is 1. The molecule has 1 aromatic rings. The minimum absolute atomic E-state index is 0.0400. The number of hydrogen-bond donors (Lipinski definition) is 1. The number of nitrogens with one attached hydrogen (secondary N) is 1. The first-order chi connectivity index (χ1) is 10.1. The van der Waals surface area contributed by atoms with Crippen molar-refractivity contribution >= 4 is 11.9 Å². The average Bonchev–Trinajstić information content (AvgIpc) is 2.38. The number of amides is 1. The van der Waals surface area contributed by atoms with Crippen molar-refractivity contribution in [3.8, 4) is 0 Å². The van der Waals surface area contributed by atoms with Gasteiger partial charge in [0.05, 0.1) is 6.04 Å². The van der Waals surface area contributed by atoms with Gasteiger partial charge in [0.2, 0.25) is 0 Å². The Kier molecular flexibility index (Phi) is 5.79. The Morgan fingerprint density at radius 1 is 1.32 bits per heavy atom. The first-order valence-electron chi connectivity index (χ1n) is 6.73. The zero-order valence-corrected chi connectivity index (χ0v) is 12.8. The first kappa shape index (κ1) is 17.8. The van der Waals surface area contributed by atoms with E-state index in [0.29, 0.717) is 0 Å². The summed E-state index contributed by atoms with van der Waals surface area (Å²) >= 11 is 0. The highest BCUT2D eigenvalue weighted by molar-refractivity contribution is 6.01. The molecule has 0 fully saturated rings. The van der Waals surface area contributed by atoms with E-state index in [0.717, 1.165) is 18.2 Å². The van der Waals surface area contributed by atoms with Crippen LogP contribution in [0.3, 0.4) is 0 Å². The van der Waals surface area contributed by atoms with E-state index in [1.807, 2.05) is 0 Å². The lowest BCUT2D eigenvalue weighted by Gasteiger charge is -2.22. The molecule has 0 saturated carbocycles. The molecule has 4 nitrogen and oxygen atoms in total. The van der Waals surface area contributed by atoms with Crippen LogP contribution in [0.25, 0.3) is 0 Å². The number of ether oxygens (including phenoxy) is 1. The smallest absolute Gasteiger partial charge is 0.408 e. The van der Waals surface area contributed by atoms with Gasteiger partial charge in [0, 0.05) is 5.56 Å². The SMILES string of the molecule is C=CCC(NC(=O)OC(C)(C)C)C(=O)c1ccc(F)c(F)c1. The van der Waals surface area contributed by atoms with Gasteiger partial charge in [0.1, 0.15) is 5.60 Å². The van der Waals surface area contributed by atoms with Gasteiger partial charge < -0.3 is 10.1 Å². The number of halogens is 2. The van der Waals surface area contributed by atoms with Crippen molar-refractivity contribution in [2.24, 2.45) is 0 Å². The quantitative estimate of drug-likeness (QED) is 0.667. The predicted octanol–water partition coefficient (Wildman–Crippen LogP) is 3.62. The molecule has 1 unspecified atom stereocenters. The van der Waals surface area contributed by atoms with Gasteiger partial charge in [-0.3, -0.25) is 4.79 Å². The van der Waals surface area contributed by atoms with E-state index in [9.17, 15) is 18.4 Å². The highest BCUT2D eigenvalue weighted by Crippen LogP contribution is 2.13. The van der Waals surface area contributed by atoms with Crippen molar-refractivity contribution in [3.05, 3.63) is 48.1 Å². The summed E-state index contributed by atoms with van der Waals surface area (Å²) < 4.78 is 31.2. The molecular weight excluding hydrogens is 292 g/mol. The molecule has 1 atom stereocenters. The summed E-state index contributed by atoms with van der Waals surface area (Å²) in [4.78, 5) is 24.0. The molecule has 1 N–H and O–H groups in total. The zero-order chi connectivity index (χ0) is 16.9. The van der Waals surface area contributed by atoms with Crippen molar-refractivity contribution in [3.63, 3.8) is 0 Å². The molecule has 0 bridgehead atoms. The van der Waals surface area contributed by atoms with Gasteiger partial charge in [0.25, 0.3) is 0 Å². The van der Waals surface area contributed by atoms with Crippen LogP contribution in [0.4, 0.5) is 13.6 Å². The normalized spacial score (nSPS) is 12.4. The highest BCUT2D eigenvalue weighted by Gasteiger charge is 2.24. The molecule has 0 spiro atoms. The summed E-state index contributed by atoms with van der Waals surface area (Å²) in [6.07, 6.45) is 0.812. The lowest BCUT2D eigenvalue weighted by molar-refractivity contribution is 0.0492. The fraction of sp³-hybridized carbons (Fsp3) is 0.375. The maximum Gasteiger partial charge on any atom is 0.408 e. The minimum Gasteiger partial charge on any atom is -0.444 e. The molecule has 1 rings (SSSR count).